The van der Waals surface area contributed by atoms with Crippen molar-refractivity contribution in [2.24, 2.45) is 5.73 Å². The predicted octanol–water partition coefficient (Wildman–Crippen LogP) is -0.888. The molecule has 20 heavy (non-hydrogen) atoms. The fraction of sp³-hybridized carbons (Fsp3) is 0.200. The monoisotopic (exact) mass is 318 g/mol. The first-order valence-electron chi connectivity index (χ1n) is 5.42. The molecule has 0 saturated carbocycles. The number of carbonyl (C=O) groups is 1. The molecule has 0 aliphatic rings. The molecule has 108 valence electrons. The molecule has 2 heterocycles. The van der Waals surface area contributed by atoms with E-state index in [1.54, 1.807) is 18.2 Å². The summed E-state index contributed by atoms with van der Waals surface area (Å²) in [6.07, 6.45) is -0.143. The van der Waals surface area contributed by atoms with E-state index in [9.17, 15) is 18.3 Å². The van der Waals surface area contributed by atoms with Crippen molar-refractivity contribution in [3.8, 4) is 0 Å². The molecule has 1 atom stereocenters. The first-order chi connectivity index (χ1) is 9.33. The molecule has 8 nitrogen and oxygen atoms in total. The number of amides is 1. The number of halogens is 1. The summed E-state index contributed by atoms with van der Waals surface area (Å²) in [7, 11) is -4.05. The van der Waals surface area contributed by atoms with E-state index < -0.39 is 28.6 Å². The van der Waals surface area contributed by atoms with Crippen LogP contribution in [0.1, 0.15) is 0 Å². The fourth-order valence-corrected chi connectivity index (χ4v) is 3.22. The third-order valence-electron chi connectivity index (χ3n) is 2.50. The summed E-state index contributed by atoms with van der Waals surface area (Å²) in [4.78, 5) is 14.6. The molecule has 1 amide bonds. The zero-order chi connectivity index (χ0) is 14.9. The van der Waals surface area contributed by atoms with Crippen LogP contribution in [-0.2, 0) is 14.8 Å². The summed E-state index contributed by atoms with van der Waals surface area (Å²) in [6, 6.07) is 4.88. The van der Waals surface area contributed by atoms with Gasteiger partial charge < -0.3 is 10.8 Å². The van der Waals surface area contributed by atoms with E-state index in [1.165, 1.54) is 10.6 Å². The Labute approximate surface area is 119 Å². The second kappa shape index (κ2) is 5.37. The zero-order valence-electron chi connectivity index (χ0n) is 10.0. The molecule has 4 N–H and O–H groups in total. The van der Waals surface area contributed by atoms with Gasteiger partial charge in [-0.3, -0.25) is 9.20 Å². The maximum Gasteiger partial charge on any atom is 0.259 e. The minimum atomic E-state index is -4.05. The Morgan fingerprint density at radius 1 is 1.55 bits per heavy atom. The molecule has 0 radical (unpaired) electrons. The third kappa shape index (κ3) is 2.75. The molecule has 0 aliphatic carbocycles. The number of nitrogens with one attached hydrogen (secondary N) is 1. The molecule has 0 aliphatic heterocycles. The summed E-state index contributed by atoms with van der Waals surface area (Å²) in [5.41, 5.74) is 5.19. The number of hydrogen-bond donors (Lipinski definition) is 3. The smallest absolute Gasteiger partial charge is 0.259 e. The van der Waals surface area contributed by atoms with Crippen LogP contribution in [0.3, 0.4) is 0 Å². The minimum Gasteiger partial charge on any atom is -0.382 e. The summed E-state index contributed by atoms with van der Waals surface area (Å²) in [5.74, 6) is -1.03. The summed E-state index contributed by atoms with van der Waals surface area (Å²) < 4.78 is 27.6. The summed E-state index contributed by atoms with van der Waals surface area (Å²) in [6.45, 7) is -0.548. The number of rotatable bonds is 5. The largest absolute Gasteiger partial charge is 0.382 e. The van der Waals surface area contributed by atoms with Crippen molar-refractivity contribution in [3.05, 3.63) is 29.5 Å². The normalized spacial score (nSPS) is 13.5. The van der Waals surface area contributed by atoms with Crippen molar-refractivity contribution < 1.29 is 18.3 Å². The Hall–Kier alpha value is -1.68. The molecule has 2 rings (SSSR count). The van der Waals surface area contributed by atoms with Crippen LogP contribution >= 0.6 is 11.6 Å². The van der Waals surface area contributed by atoms with Gasteiger partial charge >= 0.3 is 0 Å². The van der Waals surface area contributed by atoms with Crippen molar-refractivity contribution in [2.75, 3.05) is 6.54 Å². The van der Waals surface area contributed by atoms with Crippen LogP contribution in [0.15, 0.2) is 29.4 Å². The molecule has 0 aromatic carbocycles. The SMILES string of the molecule is NC(=O)C(O)CNS(=O)(=O)c1c(Cl)nc2ccccn12. The lowest BCUT2D eigenvalue weighted by atomic mass is 10.3. The van der Waals surface area contributed by atoms with Gasteiger partial charge in [0.2, 0.25) is 5.91 Å². The molecular formula is C10H11ClN4O4S. The predicted molar refractivity (Wildman–Crippen MR) is 70.6 cm³/mol. The summed E-state index contributed by atoms with van der Waals surface area (Å²) >= 11 is 5.82. The van der Waals surface area contributed by atoms with Crippen molar-refractivity contribution in [2.45, 2.75) is 11.1 Å². The van der Waals surface area contributed by atoms with Crippen LogP contribution in [0.25, 0.3) is 5.65 Å². The van der Waals surface area contributed by atoms with Crippen LogP contribution in [-0.4, -0.2) is 41.5 Å². The third-order valence-corrected chi connectivity index (χ3v) is 4.32. The van der Waals surface area contributed by atoms with Crippen molar-refractivity contribution in [1.29, 1.82) is 0 Å². The maximum absolute atomic E-state index is 12.1. The van der Waals surface area contributed by atoms with Gasteiger partial charge in [0.1, 0.15) is 11.8 Å². The van der Waals surface area contributed by atoms with Gasteiger partial charge in [-0.25, -0.2) is 18.1 Å². The van der Waals surface area contributed by atoms with Gasteiger partial charge in [0.15, 0.2) is 10.2 Å². The topological polar surface area (TPSA) is 127 Å². The van der Waals surface area contributed by atoms with Gasteiger partial charge in [-0.1, -0.05) is 17.7 Å². The Bertz CT molecular complexity index is 758. The van der Waals surface area contributed by atoms with Gasteiger partial charge in [0.25, 0.3) is 10.0 Å². The molecule has 1 unspecified atom stereocenters. The standard InChI is InChI=1S/C10H11ClN4O4S/c11-8-10(15-4-2-1-3-7(15)14-8)20(18,19)13-5-6(16)9(12)17/h1-4,6,13,16H,5H2,(H2,12,17). The minimum absolute atomic E-state index is 0.211. The highest BCUT2D eigenvalue weighted by Gasteiger charge is 2.25. The molecule has 2 aromatic heterocycles. The van der Waals surface area contributed by atoms with Crippen LogP contribution in [0.5, 0.6) is 0 Å². The lowest BCUT2D eigenvalue weighted by Gasteiger charge is -2.09. The lowest BCUT2D eigenvalue weighted by Crippen LogP contribution is -2.40. The second-order valence-electron chi connectivity index (χ2n) is 3.91. The number of hydrogen-bond acceptors (Lipinski definition) is 5. The number of fused-ring (bicyclic) bond motifs is 1. The van der Waals surface area contributed by atoms with Gasteiger partial charge in [-0.05, 0) is 12.1 Å². The first-order valence-corrected chi connectivity index (χ1v) is 7.28. The number of aliphatic hydroxyl groups is 1. The second-order valence-corrected chi connectivity index (χ2v) is 5.95. The van der Waals surface area contributed by atoms with E-state index in [0.717, 1.165) is 0 Å². The molecule has 0 fully saturated rings. The quantitative estimate of drug-likeness (QED) is 0.659. The molecule has 2 aromatic rings. The molecule has 0 bridgehead atoms. The van der Waals surface area contributed by atoms with Crippen LogP contribution in [0.2, 0.25) is 5.15 Å². The zero-order valence-corrected chi connectivity index (χ0v) is 11.6. The fourth-order valence-electron chi connectivity index (χ4n) is 1.54. The van der Waals surface area contributed by atoms with E-state index in [4.69, 9.17) is 17.3 Å². The Morgan fingerprint density at radius 2 is 2.25 bits per heavy atom. The molecule has 0 saturated heterocycles. The number of pyridine rings is 1. The van der Waals surface area contributed by atoms with Gasteiger partial charge in [-0.15, -0.1) is 0 Å². The Morgan fingerprint density at radius 3 is 2.90 bits per heavy atom. The van der Waals surface area contributed by atoms with E-state index in [1.807, 2.05) is 0 Å². The number of sulfonamides is 1. The Kier molecular flexibility index (Phi) is 3.95. The van der Waals surface area contributed by atoms with Gasteiger partial charge in [-0.2, -0.15) is 0 Å². The molecule has 10 heteroatoms. The first kappa shape index (κ1) is 14.7. The Balaban J connectivity index is 2.37. The van der Waals surface area contributed by atoms with Crippen LogP contribution in [0.4, 0.5) is 0 Å². The summed E-state index contributed by atoms with van der Waals surface area (Å²) in [5, 5.41) is 8.73. The van der Waals surface area contributed by atoms with Gasteiger partial charge in [0.05, 0.1) is 0 Å². The van der Waals surface area contributed by atoms with E-state index in [0.29, 0.717) is 5.65 Å². The number of carbonyl (C=O) groups excluding carboxylic acids is 1. The number of imidazole rings is 1. The highest BCUT2D eigenvalue weighted by atomic mass is 35.5. The lowest BCUT2D eigenvalue weighted by molar-refractivity contribution is -0.125. The van der Waals surface area contributed by atoms with E-state index in [2.05, 4.69) is 9.71 Å². The highest BCUT2D eigenvalue weighted by Crippen LogP contribution is 2.22. The number of aliphatic hydroxyl groups excluding tert-OH is 1. The highest BCUT2D eigenvalue weighted by molar-refractivity contribution is 7.89. The average molecular weight is 319 g/mol. The number of primary amides is 1. The molecular weight excluding hydrogens is 308 g/mol. The molecule has 0 spiro atoms. The van der Waals surface area contributed by atoms with E-state index >= 15 is 0 Å². The van der Waals surface area contributed by atoms with Crippen molar-refractivity contribution >= 4 is 33.2 Å². The van der Waals surface area contributed by atoms with Gasteiger partial charge in [0, 0.05) is 12.7 Å². The number of nitrogens with zero attached hydrogens (tertiary/aromatic N) is 2. The number of aromatic nitrogens is 2. The van der Waals surface area contributed by atoms with Crippen LogP contribution in [0, 0.1) is 0 Å². The van der Waals surface area contributed by atoms with E-state index in [-0.39, 0.29) is 10.2 Å². The van der Waals surface area contributed by atoms with Crippen molar-refractivity contribution in [1.82, 2.24) is 14.1 Å². The average Bonchev–Trinajstić information content (AvgIpc) is 2.72. The van der Waals surface area contributed by atoms with Crippen molar-refractivity contribution in [3.63, 3.8) is 0 Å². The maximum atomic E-state index is 12.1. The van der Waals surface area contributed by atoms with Crippen LogP contribution < -0.4 is 10.5 Å². The number of nitrogens with two attached hydrogens (primary N) is 1.